The number of carbonyl (C=O) groups excluding carboxylic acids is 1. The third-order valence-corrected chi connectivity index (χ3v) is 7.06. The van der Waals surface area contributed by atoms with Gasteiger partial charge in [-0.2, -0.15) is 4.31 Å². The molecule has 1 aromatic carbocycles. The van der Waals surface area contributed by atoms with Gasteiger partial charge in [-0.1, -0.05) is 6.92 Å². The van der Waals surface area contributed by atoms with Crippen LogP contribution < -0.4 is 0 Å². The SMILES string of the molecule is C[C@H]1CCCN(CC(=O)N2CCN(S(=O)(=O)c3ccc(F)cc3)CC2)C1. The highest BCUT2D eigenvalue weighted by atomic mass is 32.2. The Morgan fingerprint density at radius 1 is 1.12 bits per heavy atom. The Bertz CT molecular complexity index is 731. The number of nitrogens with zero attached hydrogens (tertiary/aromatic N) is 3. The van der Waals surface area contributed by atoms with E-state index < -0.39 is 15.8 Å². The van der Waals surface area contributed by atoms with Crippen molar-refractivity contribution < 1.29 is 17.6 Å². The number of benzene rings is 1. The Kier molecular flexibility index (Phi) is 5.94. The number of piperazine rings is 1. The minimum atomic E-state index is -3.64. The molecule has 144 valence electrons. The number of sulfonamides is 1. The number of piperidine rings is 1. The van der Waals surface area contributed by atoms with E-state index in [1.165, 1.54) is 22.9 Å². The van der Waals surface area contributed by atoms with Crippen molar-refractivity contribution in [3.8, 4) is 0 Å². The van der Waals surface area contributed by atoms with Gasteiger partial charge >= 0.3 is 0 Å². The monoisotopic (exact) mass is 383 g/mol. The predicted molar refractivity (Wildman–Crippen MR) is 96.6 cm³/mol. The van der Waals surface area contributed by atoms with Crippen LogP contribution in [0, 0.1) is 11.7 Å². The molecule has 0 unspecified atom stereocenters. The lowest BCUT2D eigenvalue weighted by Crippen LogP contribution is -2.53. The van der Waals surface area contributed by atoms with E-state index in [4.69, 9.17) is 0 Å². The van der Waals surface area contributed by atoms with Gasteiger partial charge in [0, 0.05) is 32.7 Å². The molecule has 0 radical (unpaired) electrons. The molecule has 2 aliphatic rings. The second kappa shape index (κ2) is 8.02. The van der Waals surface area contributed by atoms with Gasteiger partial charge in [-0.3, -0.25) is 9.69 Å². The van der Waals surface area contributed by atoms with Crippen LogP contribution in [-0.4, -0.2) is 74.2 Å². The molecule has 1 aromatic rings. The fraction of sp³-hybridized carbons (Fsp3) is 0.611. The van der Waals surface area contributed by atoms with E-state index in [1.807, 2.05) is 0 Å². The van der Waals surface area contributed by atoms with Gasteiger partial charge in [-0.25, -0.2) is 12.8 Å². The minimum Gasteiger partial charge on any atom is -0.339 e. The Labute approximate surface area is 154 Å². The molecule has 2 saturated heterocycles. The molecule has 26 heavy (non-hydrogen) atoms. The summed E-state index contributed by atoms with van der Waals surface area (Å²) < 4.78 is 39.6. The standard InChI is InChI=1S/C18H26FN3O3S/c1-15-3-2-8-20(13-15)14-18(23)21-9-11-22(12-10-21)26(24,25)17-6-4-16(19)5-7-17/h4-7,15H,2-3,8-14H2,1H3/t15-/m0/s1. The molecular weight excluding hydrogens is 357 g/mol. The molecule has 6 nitrogen and oxygen atoms in total. The van der Waals surface area contributed by atoms with E-state index in [1.54, 1.807) is 4.90 Å². The summed E-state index contributed by atoms with van der Waals surface area (Å²) in [5.74, 6) is 0.221. The van der Waals surface area contributed by atoms with E-state index >= 15 is 0 Å². The zero-order chi connectivity index (χ0) is 18.7. The summed E-state index contributed by atoms with van der Waals surface area (Å²) in [6.45, 7) is 5.83. The molecule has 0 aliphatic carbocycles. The zero-order valence-corrected chi connectivity index (χ0v) is 15.9. The molecule has 0 spiro atoms. The highest BCUT2D eigenvalue weighted by molar-refractivity contribution is 7.89. The molecule has 0 bridgehead atoms. The maximum Gasteiger partial charge on any atom is 0.243 e. The Balaban J connectivity index is 1.55. The topological polar surface area (TPSA) is 60.9 Å². The third kappa shape index (κ3) is 4.42. The Hall–Kier alpha value is -1.51. The number of likely N-dealkylation sites (tertiary alicyclic amines) is 1. The summed E-state index contributed by atoms with van der Waals surface area (Å²) in [5, 5.41) is 0. The fourth-order valence-electron chi connectivity index (χ4n) is 3.66. The lowest BCUT2D eigenvalue weighted by Gasteiger charge is -2.36. The molecule has 8 heteroatoms. The second-order valence-corrected chi connectivity index (χ2v) is 9.16. The van der Waals surface area contributed by atoms with Crippen molar-refractivity contribution in [3.63, 3.8) is 0 Å². The third-order valence-electron chi connectivity index (χ3n) is 5.14. The number of amides is 1. The molecule has 0 aromatic heterocycles. The quantitative estimate of drug-likeness (QED) is 0.788. The van der Waals surface area contributed by atoms with Gasteiger partial charge in [-0.15, -0.1) is 0 Å². The first-order valence-corrected chi connectivity index (χ1v) is 10.6. The van der Waals surface area contributed by atoms with Gasteiger partial charge in [0.2, 0.25) is 15.9 Å². The normalized spacial score (nSPS) is 23.2. The van der Waals surface area contributed by atoms with Crippen molar-refractivity contribution in [2.75, 3.05) is 45.8 Å². The lowest BCUT2D eigenvalue weighted by atomic mass is 10.0. The fourth-order valence-corrected chi connectivity index (χ4v) is 5.08. The van der Waals surface area contributed by atoms with Crippen LogP contribution in [0.5, 0.6) is 0 Å². The molecule has 2 fully saturated rings. The molecular formula is C18H26FN3O3S. The molecule has 3 rings (SSSR count). The van der Waals surface area contributed by atoms with Gasteiger partial charge < -0.3 is 4.90 Å². The van der Waals surface area contributed by atoms with Crippen LogP contribution in [0.4, 0.5) is 4.39 Å². The smallest absolute Gasteiger partial charge is 0.243 e. The van der Waals surface area contributed by atoms with Gasteiger partial charge in [0.05, 0.1) is 11.4 Å². The largest absolute Gasteiger partial charge is 0.339 e. The van der Waals surface area contributed by atoms with Crippen molar-refractivity contribution in [1.29, 1.82) is 0 Å². The van der Waals surface area contributed by atoms with E-state index in [0.29, 0.717) is 25.6 Å². The van der Waals surface area contributed by atoms with Crippen LogP contribution in [0.25, 0.3) is 0 Å². The number of rotatable bonds is 4. The van der Waals surface area contributed by atoms with Crippen LogP contribution in [0.3, 0.4) is 0 Å². The number of halogens is 1. The van der Waals surface area contributed by atoms with Crippen molar-refractivity contribution in [3.05, 3.63) is 30.1 Å². The second-order valence-electron chi connectivity index (χ2n) is 7.22. The van der Waals surface area contributed by atoms with E-state index in [9.17, 15) is 17.6 Å². The summed E-state index contributed by atoms with van der Waals surface area (Å²) in [7, 11) is -3.64. The van der Waals surface area contributed by atoms with Crippen molar-refractivity contribution in [2.24, 2.45) is 5.92 Å². The van der Waals surface area contributed by atoms with Crippen molar-refractivity contribution in [2.45, 2.75) is 24.7 Å². The lowest BCUT2D eigenvalue weighted by molar-refractivity contribution is -0.134. The maximum absolute atomic E-state index is 13.0. The minimum absolute atomic E-state index is 0.0675. The maximum atomic E-state index is 13.0. The zero-order valence-electron chi connectivity index (χ0n) is 15.1. The molecule has 1 amide bonds. The number of hydrogen-bond acceptors (Lipinski definition) is 4. The van der Waals surface area contributed by atoms with Crippen molar-refractivity contribution >= 4 is 15.9 Å². The predicted octanol–water partition coefficient (Wildman–Crippen LogP) is 1.39. The highest BCUT2D eigenvalue weighted by Gasteiger charge is 2.31. The summed E-state index contributed by atoms with van der Waals surface area (Å²) in [4.78, 5) is 16.5. The van der Waals surface area contributed by atoms with E-state index in [-0.39, 0.29) is 23.9 Å². The highest BCUT2D eigenvalue weighted by Crippen LogP contribution is 2.19. The summed E-state index contributed by atoms with van der Waals surface area (Å²) >= 11 is 0. The van der Waals surface area contributed by atoms with Gasteiger partial charge in [-0.05, 0) is 49.6 Å². The molecule has 2 heterocycles. The van der Waals surface area contributed by atoms with Crippen LogP contribution in [-0.2, 0) is 14.8 Å². The first-order chi connectivity index (χ1) is 12.4. The molecule has 2 aliphatic heterocycles. The average Bonchev–Trinajstić information content (AvgIpc) is 2.62. The first-order valence-electron chi connectivity index (χ1n) is 9.12. The van der Waals surface area contributed by atoms with Crippen LogP contribution in [0.15, 0.2) is 29.2 Å². The van der Waals surface area contributed by atoms with Crippen LogP contribution >= 0.6 is 0 Å². The van der Waals surface area contributed by atoms with Gasteiger partial charge in [0.15, 0.2) is 0 Å². The molecule has 1 atom stereocenters. The summed E-state index contributed by atoms with van der Waals surface area (Å²) in [6.07, 6.45) is 2.34. The Morgan fingerprint density at radius 2 is 1.77 bits per heavy atom. The van der Waals surface area contributed by atoms with Crippen LogP contribution in [0.2, 0.25) is 0 Å². The van der Waals surface area contributed by atoms with Gasteiger partial charge in [0.25, 0.3) is 0 Å². The van der Waals surface area contributed by atoms with Crippen LogP contribution in [0.1, 0.15) is 19.8 Å². The van der Waals surface area contributed by atoms with E-state index in [2.05, 4.69) is 11.8 Å². The Morgan fingerprint density at radius 3 is 2.38 bits per heavy atom. The average molecular weight is 383 g/mol. The summed E-state index contributed by atoms with van der Waals surface area (Å²) in [6, 6.07) is 4.85. The van der Waals surface area contributed by atoms with E-state index in [0.717, 1.165) is 31.6 Å². The first kappa shape index (κ1) is 19.3. The number of carbonyl (C=O) groups is 1. The van der Waals surface area contributed by atoms with Crippen molar-refractivity contribution in [1.82, 2.24) is 14.1 Å². The summed E-state index contributed by atoms with van der Waals surface area (Å²) in [5.41, 5.74) is 0. The number of hydrogen-bond donors (Lipinski definition) is 0. The van der Waals surface area contributed by atoms with Gasteiger partial charge in [0.1, 0.15) is 5.82 Å². The molecule has 0 saturated carbocycles. The molecule has 0 N–H and O–H groups in total.